The summed E-state index contributed by atoms with van der Waals surface area (Å²) in [4.78, 5) is 111. The number of aliphatic hydroxyl groups excluding tert-OH is 3. The summed E-state index contributed by atoms with van der Waals surface area (Å²) < 4.78 is 19.8. The molecule has 0 saturated carbocycles. The van der Waals surface area contributed by atoms with Gasteiger partial charge < -0.3 is 77.4 Å². The fraction of sp³-hybridized carbons (Fsp3) is 0.556. The molecule has 4 rings (SSSR count). The van der Waals surface area contributed by atoms with Gasteiger partial charge in [0.25, 0.3) is 0 Å². The first-order valence-corrected chi connectivity index (χ1v) is 20.2. The smallest absolute Gasteiger partial charge is 0.248 e. The van der Waals surface area contributed by atoms with Crippen molar-refractivity contribution in [3.63, 3.8) is 0 Å². The fourth-order valence-corrected chi connectivity index (χ4v) is 8.26. The molecule has 13 N–H and O–H groups in total. The summed E-state index contributed by atoms with van der Waals surface area (Å²) in [5.74, 6) is -9.01. The lowest BCUT2D eigenvalue weighted by Gasteiger charge is -2.32. The summed E-state index contributed by atoms with van der Waals surface area (Å²) >= 11 is -2.27. The standard InChI is InChI=1S/C36H52N10O13S/c1-16(26(49)14-47)30-34(56)42-22(31(53)40-12-28(51)39-3)9-20-19-6-5-18(59-4)8-21(19)44-35(20)60(58)15-24(41-29(52)11-38-2)32(54)43-23(10-27(37)50)36(57)46-13-17(48)7-25(46)33(55)45-30/h5-6,8,16-17,22-26,30,38,44,47-49H,7,9-15H2,1-4H3,(H2,37,50)(H,39,51)(H,40,53)(H,41,52)(H,42,56)(H,43,54)(H,45,55)/t16-,17+,22-,23-,24-,25-,26-,30-,60?/m0/s1. The molecule has 1 aromatic heterocycles. The number of carbonyl (C=O) groups is 8. The van der Waals surface area contributed by atoms with Gasteiger partial charge in [0.1, 0.15) is 35.7 Å². The van der Waals surface area contributed by atoms with E-state index in [-0.39, 0.29) is 23.6 Å². The molecule has 2 aliphatic rings. The van der Waals surface area contributed by atoms with Crippen LogP contribution >= 0.6 is 0 Å². The number of methoxy groups -OCH3 is 1. The van der Waals surface area contributed by atoms with Gasteiger partial charge in [-0.3, -0.25) is 38.4 Å². The van der Waals surface area contributed by atoms with Crippen LogP contribution < -0.4 is 47.7 Å². The van der Waals surface area contributed by atoms with E-state index in [1.54, 1.807) is 18.2 Å². The summed E-state index contributed by atoms with van der Waals surface area (Å²) in [5.41, 5.74) is 5.97. The molecule has 1 saturated heterocycles. The van der Waals surface area contributed by atoms with Gasteiger partial charge >= 0.3 is 0 Å². The van der Waals surface area contributed by atoms with Gasteiger partial charge in [-0.15, -0.1) is 0 Å². The molecular formula is C36H52N10O13S. The van der Waals surface area contributed by atoms with E-state index in [2.05, 4.69) is 42.2 Å². The van der Waals surface area contributed by atoms with E-state index < -0.39 is 145 Å². The van der Waals surface area contributed by atoms with Crippen LogP contribution in [0.3, 0.4) is 0 Å². The number of amides is 8. The van der Waals surface area contributed by atoms with Gasteiger partial charge in [-0.1, -0.05) is 6.92 Å². The number of nitrogens with one attached hydrogen (secondary N) is 8. The van der Waals surface area contributed by atoms with Gasteiger partial charge in [0, 0.05) is 60.5 Å². The Kier molecular flexibility index (Phi) is 16.6. The van der Waals surface area contributed by atoms with Crippen LogP contribution in [0.2, 0.25) is 0 Å². The molecule has 0 spiro atoms. The van der Waals surface area contributed by atoms with E-state index in [0.29, 0.717) is 16.7 Å². The Balaban J connectivity index is 1.95. The Labute approximate surface area is 346 Å². The average Bonchev–Trinajstić information content (AvgIpc) is 3.79. The lowest BCUT2D eigenvalue weighted by atomic mass is 9.93. The maximum Gasteiger partial charge on any atom is 0.248 e. The second-order valence-electron chi connectivity index (χ2n) is 14.4. The van der Waals surface area contributed by atoms with Gasteiger partial charge in [-0.05, 0) is 19.2 Å². The largest absolute Gasteiger partial charge is 0.610 e. The molecule has 9 atom stereocenters. The number of H-pyrrole nitrogens is 1. The number of rotatable bonds is 12. The number of hydrogen-bond donors (Lipinski definition) is 12. The van der Waals surface area contributed by atoms with Crippen LogP contribution in [0, 0.1) is 5.92 Å². The second kappa shape index (κ2) is 21.1. The van der Waals surface area contributed by atoms with Gasteiger partial charge in [0.15, 0.2) is 6.04 Å². The Morgan fingerprint density at radius 3 is 2.40 bits per heavy atom. The van der Waals surface area contributed by atoms with E-state index in [1.165, 1.54) is 28.1 Å². The molecule has 1 aromatic carbocycles. The third-order valence-electron chi connectivity index (χ3n) is 10.1. The highest BCUT2D eigenvalue weighted by Crippen LogP contribution is 2.31. The average molecular weight is 865 g/mol. The van der Waals surface area contributed by atoms with Gasteiger partial charge in [-0.2, -0.15) is 0 Å². The molecule has 1 fully saturated rings. The van der Waals surface area contributed by atoms with Crippen molar-refractivity contribution in [2.24, 2.45) is 11.7 Å². The zero-order valence-electron chi connectivity index (χ0n) is 33.4. The minimum Gasteiger partial charge on any atom is -0.610 e. The molecule has 2 aliphatic heterocycles. The number of primary amides is 1. The first-order valence-electron chi connectivity index (χ1n) is 18.9. The first-order chi connectivity index (χ1) is 28.4. The zero-order chi connectivity index (χ0) is 44.4. The van der Waals surface area contributed by atoms with E-state index in [0.717, 1.165) is 4.90 Å². The number of nitrogens with zero attached hydrogens (tertiary/aromatic N) is 1. The Hall–Kier alpha value is -5.53. The number of benzene rings is 1. The molecule has 3 heterocycles. The van der Waals surface area contributed by atoms with Crippen molar-refractivity contribution in [2.75, 3.05) is 53.2 Å². The predicted molar refractivity (Wildman–Crippen MR) is 211 cm³/mol. The number of hydrogen-bond acceptors (Lipinski definition) is 14. The Morgan fingerprint density at radius 2 is 1.77 bits per heavy atom. The maximum atomic E-state index is 14.5. The van der Waals surface area contributed by atoms with Gasteiger partial charge in [0.05, 0.1) is 51.0 Å². The normalized spacial score (nSPS) is 25.3. The fourth-order valence-electron chi connectivity index (χ4n) is 6.86. The summed E-state index contributed by atoms with van der Waals surface area (Å²) in [6.45, 7) is -0.826. The van der Waals surface area contributed by atoms with Crippen LogP contribution in [0.5, 0.6) is 5.75 Å². The molecule has 1 unspecified atom stereocenters. The SMILES string of the molecule is CNCC(=O)N[C@H]1C[S+]([O-])c2[nH]c3cc(OC)ccc3c2C[C@@H](C(=O)NCC(=O)NC)NC(=O)[C@H]([C@@H](C)[C@@H](O)CO)NC(=O)[C@@H]2C[C@@H](O)CN2C(=O)[C@H](CC(N)=O)NC1=O. The van der Waals surface area contributed by atoms with Crippen LogP contribution in [0.1, 0.15) is 25.3 Å². The molecule has 0 radical (unpaired) electrons. The number of aliphatic hydroxyl groups is 3. The topological polar surface area (TPSA) is 359 Å². The third kappa shape index (κ3) is 11.6. The number of aromatic amines is 1. The minimum absolute atomic E-state index is 0.0639. The number of nitrogens with two attached hydrogens (primary N) is 1. The quantitative estimate of drug-likeness (QED) is 0.0884. The molecule has 60 heavy (non-hydrogen) atoms. The van der Waals surface area contributed by atoms with Crippen LogP contribution in [-0.4, -0.2) is 173 Å². The number of carbonyl (C=O) groups excluding carboxylic acids is 8. The molecular weight excluding hydrogens is 813 g/mol. The number of aromatic nitrogens is 1. The predicted octanol–water partition coefficient (Wildman–Crippen LogP) is -6.31. The van der Waals surface area contributed by atoms with E-state index >= 15 is 0 Å². The van der Waals surface area contributed by atoms with E-state index in [9.17, 15) is 58.2 Å². The molecule has 8 amide bonds. The van der Waals surface area contributed by atoms with Crippen LogP contribution in [-0.2, 0) is 56.0 Å². The summed E-state index contributed by atoms with van der Waals surface area (Å²) in [6, 6.07) is -3.53. The lowest BCUT2D eigenvalue weighted by molar-refractivity contribution is -0.144. The Bertz CT molecular complexity index is 1950. The third-order valence-corrected chi connectivity index (χ3v) is 11.6. The maximum absolute atomic E-state index is 14.5. The lowest BCUT2D eigenvalue weighted by Crippen LogP contribution is -2.62. The molecule has 23 nitrogen and oxygen atoms in total. The number of fused-ring (bicyclic) bond motifs is 4. The Morgan fingerprint density at radius 1 is 1.05 bits per heavy atom. The van der Waals surface area contributed by atoms with Crippen molar-refractivity contribution in [1.82, 2.24) is 47.1 Å². The summed E-state index contributed by atoms with van der Waals surface area (Å²) in [6.07, 6.45) is -4.52. The molecule has 24 heteroatoms. The van der Waals surface area contributed by atoms with Crippen molar-refractivity contribution >= 4 is 69.3 Å². The highest BCUT2D eigenvalue weighted by Gasteiger charge is 2.45. The van der Waals surface area contributed by atoms with Crippen LogP contribution in [0.4, 0.5) is 0 Å². The molecule has 2 aromatic rings. The molecule has 0 bridgehead atoms. The summed E-state index contributed by atoms with van der Waals surface area (Å²) in [5, 5.41) is 48.7. The van der Waals surface area contributed by atoms with Crippen molar-refractivity contribution < 1.29 is 63.0 Å². The van der Waals surface area contributed by atoms with E-state index in [4.69, 9.17) is 10.5 Å². The second-order valence-corrected chi connectivity index (χ2v) is 15.8. The first kappa shape index (κ1) is 47.2. The van der Waals surface area contributed by atoms with Crippen molar-refractivity contribution in [3.8, 4) is 5.75 Å². The highest BCUT2D eigenvalue weighted by atomic mass is 32.2. The summed E-state index contributed by atoms with van der Waals surface area (Å²) in [7, 11) is 4.20. The molecule has 0 aliphatic carbocycles. The molecule has 330 valence electrons. The number of ether oxygens (including phenoxy) is 1. The van der Waals surface area contributed by atoms with E-state index in [1.807, 2.05) is 0 Å². The van der Waals surface area contributed by atoms with Crippen molar-refractivity contribution in [1.29, 1.82) is 0 Å². The highest BCUT2D eigenvalue weighted by molar-refractivity contribution is 7.91. The van der Waals surface area contributed by atoms with Gasteiger partial charge in [-0.25, -0.2) is 0 Å². The van der Waals surface area contributed by atoms with Crippen LogP contribution in [0.25, 0.3) is 10.9 Å². The van der Waals surface area contributed by atoms with Crippen molar-refractivity contribution in [2.45, 2.75) is 73.6 Å². The minimum atomic E-state index is -2.27. The van der Waals surface area contributed by atoms with Crippen molar-refractivity contribution in [3.05, 3.63) is 23.8 Å². The monoisotopic (exact) mass is 864 g/mol. The van der Waals surface area contributed by atoms with Crippen LogP contribution in [0.15, 0.2) is 23.2 Å². The number of likely N-dealkylation sites (N-methyl/N-ethyl adjacent to an activating group) is 2. The zero-order valence-corrected chi connectivity index (χ0v) is 34.2. The van der Waals surface area contributed by atoms with Gasteiger partial charge in [0.2, 0.25) is 52.3 Å².